The maximum atomic E-state index is 5.80. The summed E-state index contributed by atoms with van der Waals surface area (Å²) in [5.41, 5.74) is 7.10. The third-order valence-corrected chi connectivity index (χ3v) is 3.64. The zero-order valence-electron chi connectivity index (χ0n) is 9.82. The Morgan fingerprint density at radius 3 is 2.82 bits per heavy atom. The minimum absolute atomic E-state index is 0.496. The first-order valence-electron chi connectivity index (χ1n) is 6.19. The van der Waals surface area contributed by atoms with E-state index in [-0.39, 0.29) is 0 Å². The first kappa shape index (κ1) is 10.9. The summed E-state index contributed by atoms with van der Waals surface area (Å²) in [7, 11) is 0. The fourth-order valence-corrected chi connectivity index (χ4v) is 2.66. The molecule has 4 heteroatoms. The van der Waals surface area contributed by atoms with Crippen LogP contribution >= 0.6 is 0 Å². The van der Waals surface area contributed by atoms with Crippen LogP contribution in [-0.2, 0) is 0 Å². The van der Waals surface area contributed by atoms with Crippen molar-refractivity contribution < 1.29 is 9.47 Å². The average molecular weight is 234 g/mol. The molecule has 0 saturated carbocycles. The van der Waals surface area contributed by atoms with E-state index in [2.05, 4.69) is 17.4 Å². The molecular weight excluding hydrogens is 216 g/mol. The van der Waals surface area contributed by atoms with Gasteiger partial charge in [0.1, 0.15) is 13.2 Å². The van der Waals surface area contributed by atoms with Gasteiger partial charge in [-0.1, -0.05) is 6.07 Å². The number of hydrogen-bond acceptors (Lipinski definition) is 4. The molecule has 2 aliphatic heterocycles. The van der Waals surface area contributed by atoms with E-state index in [1.807, 2.05) is 6.07 Å². The van der Waals surface area contributed by atoms with Crippen LogP contribution in [0.5, 0.6) is 11.5 Å². The van der Waals surface area contributed by atoms with Crippen LogP contribution in [0.3, 0.4) is 0 Å². The van der Waals surface area contributed by atoms with Crippen molar-refractivity contribution in [3.8, 4) is 11.5 Å². The predicted octanol–water partition coefficient (Wildman–Crippen LogP) is 0.719. The van der Waals surface area contributed by atoms with Crippen LogP contribution in [-0.4, -0.2) is 32.8 Å². The lowest BCUT2D eigenvalue weighted by molar-refractivity contribution is 0.171. The molecule has 1 fully saturated rings. The molecule has 0 amide bonds. The summed E-state index contributed by atoms with van der Waals surface area (Å²) in [6, 6.07) is 6.25. The van der Waals surface area contributed by atoms with Gasteiger partial charge in [0.25, 0.3) is 0 Å². The molecule has 2 unspecified atom stereocenters. The van der Waals surface area contributed by atoms with Crippen molar-refractivity contribution in [2.75, 3.05) is 32.8 Å². The Hall–Kier alpha value is -1.26. The summed E-state index contributed by atoms with van der Waals surface area (Å²) < 4.78 is 11.1. The fourth-order valence-electron chi connectivity index (χ4n) is 2.66. The van der Waals surface area contributed by atoms with Gasteiger partial charge in [0.2, 0.25) is 0 Å². The SMILES string of the molecule is NCC1CNCC1c1ccc2c(c1)OCCO2. The molecular formula is C13H18N2O2. The molecule has 3 rings (SSSR count). The molecule has 0 aliphatic carbocycles. The van der Waals surface area contributed by atoms with E-state index >= 15 is 0 Å². The molecule has 1 saturated heterocycles. The summed E-state index contributed by atoms with van der Waals surface area (Å²) in [6.45, 7) is 4.02. The third kappa shape index (κ3) is 1.98. The molecule has 92 valence electrons. The molecule has 2 heterocycles. The summed E-state index contributed by atoms with van der Waals surface area (Å²) >= 11 is 0. The van der Waals surface area contributed by atoms with Gasteiger partial charge in [0.05, 0.1) is 0 Å². The molecule has 0 spiro atoms. The maximum Gasteiger partial charge on any atom is 0.161 e. The lowest BCUT2D eigenvalue weighted by Crippen LogP contribution is -2.21. The monoisotopic (exact) mass is 234 g/mol. The zero-order valence-corrected chi connectivity index (χ0v) is 9.82. The van der Waals surface area contributed by atoms with E-state index in [0.29, 0.717) is 25.0 Å². The molecule has 0 aromatic heterocycles. The van der Waals surface area contributed by atoms with E-state index in [1.165, 1.54) is 5.56 Å². The summed E-state index contributed by atoms with van der Waals surface area (Å²) in [5.74, 6) is 2.75. The highest BCUT2D eigenvalue weighted by atomic mass is 16.6. The van der Waals surface area contributed by atoms with Gasteiger partial charge >= 0.3 is 0 Å². The number of nitrogens with two attached hydrogens (primary N) is 1. The van der Waals surface area contributed by atoms with Gasteiger partial charge in [-0.2, -0.15) is 0 Å². The van der Waals surface area contributed by atoms with E-state index in [9.17, 15) is 0 Å². The molecule has 17 heavy (non-hydrogen) atoms. The van der Waals surface area contributed by atoms with Crippen LogP contribution in [0.1, 0.15) is 11.5 Å². The Labute approximate surface area is 101 Å². The molecule has 2 aliphatic rings. The Balaban J connectivity index is 1.88. The zero-order chi connectivity index (χ0) is 11.7. The molecule has 1 aromatic carbocycles. The Morgan fingerprint density at radius 1 is 1.18 bits per heavy atom. The maximum absolute atomic E-state index is 5.80. The van der Waals surface area contributed by atoms with Crippen molar-refractivity contribution in [1.29, 1.82) is 0 Å². The van der Waals surface area contributed by atoms with Crippen LogP contribution in [0.25, 0.3) is 0 Å². The highest BCUT2D eigenvalue weighted by Gasteiger charge is 2.28. The van der Waals surface area contributed by atoms with Crippen LogP contribution in [0, 0.1) is 5.92 Å². The standard InChI is InChI=1S/C13H18N2O2/c14-6-10-7-15-8-11(10)9-1-2-12-13(5-9)17-4-3-16-12/h1-2,5,10-11,15H,3-4,6-8,14H2. The molecule has 0 bridgehead atoms. The van der Waals surface area contributed by atoms with Crippen molar-refractivity contribution in [3.05, 3.63) is 23.8 Å². The second kappa shape index (κ2) is 4.55. The fraction of sp³-hybridized carbons (Fsp3) is 0.538. The van der Waals surface area contributed by atoms with Gasteiger partial charge in [-0.3, -0.25) is 0 Å². The van der Waals surface area contributed by atoms with Crippen molar-refractivity contribution >= 4 is 0 Å². The minimum Gasteiger partial charge on any atom is -0.486 e. The average Bonchev–Trinajstić information content (AvgIpc) is 2.86. The Kier molecular flexibility index (Phi) is 2.91. The Morgan fingerprint density at radius 2 is 2.00 bits per heavy atom. The van der Waals surface area contributed by atoms with Gasteiger partial charge in [-0.05, 0) is 36.7 Å². The minimum atomic E-state index is 0.496. The first-order valence-corrected chi connectivity index (χ1v) is 6.19. The van der Waals surface area contributed by atoms with Crippen LogP contribution in [0.15, 0.2) is 18.2 Å². The molecule has 3 N–H and O–H groups in total. The van der Waals surface area contributed by atoms with E-state index < -0.39 is 0 Å². The number of rotatable bonds is 2. The lowest BCUT2D eigenvalue weighted by Gasteiger charge is -2.22. The molecule has 1 aromatic rings. The molecule has 2 atom stereocenters. The van der Waals surface area contributed by atoms with Crippen molar-refractivity contribution in [2.24, 2.45) is 11.7 Å². The quantitative estimate of drug-likeness (QED) is 0.791. The number of hydrogen-bond donors (Lipinski definition) is 2. The summed E-state index contributed by atoms with van der Waals surface area (Å²) in [4.78, 5) is 0. The lowest BCUT2D eigenvalue weighted by atomic mass is 9.89. The predicted molar refractivity (Wildman–Crippen MR) is 65.6 cm³/mol. The van der Waals surface area contributed by atoms with Gasteiger partial charge < -0.3 is 20.5 Å². The molecule has 4 nitrogen and oxygen atoms in total. The number of benzene rings is 1. The van der Waals surface area contributed by atoms with Gasteiger partial charge in [-0.25, -0.2) is 0 Å². The summed E-state index contributed by atoms with van der Waals surface area (Å²) in [6.07, 6.45) is 0. The van der Waals surface area contributed by atoms with Crippen molar-refractivity contribution in [2.45, 2.75) is 5.92 Å². The van der Waals surface area contributed by atoms with E-state index in [1.54, 1.807) is 0 Å². The van der Waals surface area contributed by atoms with Gasteiger partial charge in [-0.15, -0.1) is 0 Å². The topological polar surface area (TPSA) is 56.5 Å². The second-order valence-electron chi connectivity index (χ2n) is 4.66. The number of nitrogens with one attached hydrogen (secondary N) is 1. The van der Waals surface area contributed by atoms with Gasteiger partial charge in [0, 0.05) is 12.5 Å². The summed E-state index contributed by atoms with van der Waals surface area (Å²) in [5, 5.41) is 3.40. The Bertz CT molecular complexity index is 408. The number of ether oxygens (including phenoxy) is 2. The highest BCUT2D eigenvalue weighted by Crippen LogP contribution is 2.36. The number of fused-ring (bicyclic) bond motifs is 1. The van der Waals surface area contributed by atoms with E-state index in [0.717, 1.165) is 31.1 Å². The van der Waals surface area contributed by atoms with Crippen LogP contribution in [0.2, 0.25) is 0 Å². The van der Waals surface area contributed by atoms with Crippen molar-refractivity contribution in [3.63, 3.8) is 0 Å². The van der Waals surface area contributed by atoms with Crippen LogP contribution < -0.4 is 20.5 Å². The second-order valence-corrected chi connectivity index (χ2v) is 4.66. The third-order valence-electron chi connectivity index (χ3n) is 3.64. The largest absolute Gasteiger partial charge is 0.486 e. The van der Waals surface area contributed by atoms with Gasteiger partial charge in [0.15, 0.2) is 11.5 Å². The normalized spacial score (nSPS) is 27.1. The highest BCUT2D eigenvalue weighted by molar-refractivity contribution is 5.45. The van der Waals surface area contributed by atoms with Crippen LogP contribution in [0.4, 0.5) is 0 Å². The van der Waals surface area contributed by atoms with E-state index in [4.69, 9.17) is 15.2 Å². The van der Waals surface area contributed by atoms with Crippen molar-refractivity contribution in [1.82, 2.24) is 5.32 Å². The molecule has 0 radical (unpaired) electrons. The smallest absolute Gasteiger partial charge is 0.161 e. The first-order chi connectivity index (χ1) is 8.38.